The molecule has 0 saturated carbocycles. The second-order valence-corrected chi connectivity index (χ2v) is 6.61. The molecule has 0 radical (unpaired) electrons. The molecule has 18 heavy (non-hydrogen) atoms. The summed E-state index contributed by atoms with van der Waals surface area (Å²) in [6.45, 7) is 1.61. The Balaban J connectivity index is 2.18. The van der Waals surface area contributed by atoms with Gasteiger partial charge in [0, 0.05) is 26.4 Å². The van der Waals surface area contributed by atoms with E-state index in [4.69, 9.17) is 16.3 Å². The number of hydrogen-bond donors (Lipinski definition) is 0. The van der Waals surface area contributed by atoms with Gasteiger partial charge in [-0.1, -0.05) is 11.6 Å². The molecule has 0 aromatic carbocycles. The average Bonchev–Trinajstić information content (AvgIpc) is 2.79. The maximum atomic E-state index is 12.3. The number of nitrogens with zero attached hydrogens (tertiary/aromatic N) is 2. The highest BCUT2D eigenvalue weighted by Gasteiger charge is 2.32. The van der Waals surface area contributed by atoms with Crippen molar-refractivity contribution in [3.63, 3.8) is 0 Å². The van der Waals surface area contributed by atoms with Crippen molar-refractivity contribution in [3.05, 3.63) is 23.5 Å². The fourth-order valence-electron chi connectivity index (χ4n) is 2.08. The van der Waals surface area contributed by atoms with Crippen molar-refractivity contribution < 1.29 is 13.2 Å². The smallest absolute Gasteiger partial charge is 0.243 e. The van der Waals surface area contributed by atoms with Crippen LogP contribution in [0.1, 0.15) is 6.42 Å². The molecule has 0 spiro atoms. The van der Waals surface area contributed by atoms with Crippen LogP contribution in [0.5, 0.6) is 0 Å². The van der Waals surface area contributed by atoms with E-state index in [0.29, 0.717) is 19.7 Å². The first-order chi connectivity index (χ1) is 8.54. The molecule has 1 aromatic heterocycles. The number of halogens is 1. The molecule has 0 aliphatic carbocycles. The highest BCUT2D eigenvalue weighted by Crippen LogP contribution is 2.25. The third-order valence-electron chi connectivity index (χ3n) is 2.99. The Hall–Kier alpha value is -0.690. The fourth-order valence-corrected chi connectivity index (χ4v) is 3.86. The van der Waals surface area contributed by atoms with Gasteiger partial charge in [-0.15, -0.1) is 0 Å². The predicted molar refractivity (Wildman–Crippen MR) is 68.0 cm³/mol. The summed E-state index contributed by atoms with van der Waals surface area (Å²) in [7, 11) is -1.83. The molecule has 1 aliphatic heterocycles. The standard InChI is InChI=1S/C11H15ClN2O3S/c1-17-8-9-3-5-14(7-9)18(15,16)10-2-4-13-11(12)6-10/h2,4,6,9H,3,5,7-8H2,1H3. The maximum Gasteiger partial charge on any atom is 0.243 e. The summed E-state index contributed by atoms with van der Waals surface area (Å²) < 4.78 is 31.2. The third kappa shape index (κ3) is 2.83. The molecule has 1 unspecified atom stereocenters. The van der Waals surface area contributed by atoms with Gasteiger partial charge in [0.15, 0.2) is 0 Å². The highest BCUT2D eigenvalue weighted by molar-refractivity contribution is 7.89. The van der Waals surface area contributed by atoms with Crippen molar-refractivity contribution in [2.24, 2.45) is 5.92 Å². The lowest BCUT2D eigenvalue weighted by atomic mass is 10.1. The molecule has 7 heteroatoms. The van der Waals surface area contributed by atoms with Crippen molar-refractivity contribution in [1.29, 1.82) is 0 Å². The molecule has 2 rings (SSSR count). The SMILES string of the molecule is COCC1CCN(S(=O)(=O)c2ccnc(Cl)c2)C1. The van der Waals surface area contributed by atoms with Gasteiger partial charge in [0.25, 0.3) is 0 Å². The minimum Gasteiger partial charge on any atom is -0.384 e. The Bertz CT molecular complexity index is 521. The van der Waals surface area contributed by atoms with Gasteiger partial charge in [0.1, 0.15) is 5.15 Å². The molecule has 1 fully saturated rings. The van der Waals surface area contributed by atoms with Crippen LogP contribution >= 0.6 is 11.6 Å². The lowest BCUT2D eigenvalue weighted by Crippen LogP contribution is -2.29. The summed E-state index contributed by atoms with van der Waals surface area (Å²) >= 11 is 5.72. The zero-order valence-electron chi connectivity index (χ0n) is 10.0. The second kappa shape index (κ2) is 5.52. The van der Waals surface area contributed by atoms with E-state index in [1.54, 1.807) is 7.11 Å². The maximum absolute atomic E-state index is 12.3. The summed E-state index contributed by atoms with van der Waals surface area (Å²) in [6.07, 6.45) is 2.23. The lowest BCUT2D eigenvalue weighted by Gasteiger charge is -2.16. The fraction of sp³-hybridized carbons (Fsp3) is 0.545. The molecule has 1 aliphatic rings. The summed E-state index contributed by atoms with van der Waals surface area (Å²) in [6, 6.07) is 2.84. The van der Waals surface area contributed by atoms with Crippen molar-refractivity contribution in [3.8, 4) is 0 Å². The molecule has 2 heterocycles. The lowest BCUT2D eigenvalue weighted by molar-refractivity contribution is 0.157. The van der Waals surface area contributed by atoms with Crippen molar-refractivity contribution >= 4 is 21.6 Å². The van der Waals surface area contributed by atoms with Crippen LogP contribution in [0.2, 0.25) is 5.15 Å². The van der Waals surface area contributed by atoms with Crippen LogP contribution in [-0.2, 0) is 14.8 Å². The molecule has 1 saturated heterocycles. The van der Waals surface area contributed by atoms with Crippen LogP contribution in [0.4, 0.5) is 0 Å². The molecular weight excluding hydrogens is 276 g/mol. The number of hydrogen-bond acceptors (Lipinski definition) is 4. The molecule has 100 valence electrons. The van der Waals surface area contributed by atoms with Crippen LogP contribution < -0.4 is 0 Å². The molecule has 5 nitrogen and oxygen atoms in total. The van der Waals surface area contributed by atoms with Gasteiger partial charge in [0.05, 0.1) is 11.5 Å². The number of pyridine rings is 1. The third-order valence-corrected chi connectivity index (χ3v) is 5.05. The van der Waals surface area contributed by atoms with E-state index in [1.165, 1.54) is 22.6 Å². The predicted octanol–water partition coefficient (Wildman–Crippen LogP) is 1.39. The Morgan fingerprint density at radius 3 is 3.06 bits per heavy atom. The van der Waals surface area contributed by atoms with Gasteiger partial charge in [-0.3, -0.25) is 0 Å². The molecule has 1 aromatic rings. The summed E-state index contributed by atoms with van der Waals surface area (Å²) in [5.74, 6) is 0.266. The Kier molecular flexibility index (Phi) is 4.21. The largest absolute Gasteiger partial charge is 0.384 e. The van der Waals surface area contributed by atoms with Gasteiger partial charge in [0.2, 0.25) is 10.0 Å². The first-order valence-electron chi connectivity index (χ1n) is 5.64. The summed E-state index contributed by atoms with van der Waals surface area (Å²) in [4.78, 5) is 3.98. The van der Waals surface area contributed by atoms with Crippen molar-refractivity contribution in [1.82, 2.24) is 9.29 Å². The second-order valence-electron chi connectivity index (χ2n) is 4.29. The van der Waals surface area contributed by atoms with E-state index in [2.05, 4.69) is 4.98 Å². The number of sulfonamides is 1. The Morgan fingerprint density at radius 1 is 1.61 bits per heavy atom. The topological polar surface area (TPSA) is 59.5 Å². The molecular formula is C11H15ClN2O3S. The van der Waals surface area contributed by atoms with Crippen LogP contribution in [0.3, 0.4) is 0 Å². The van der Waals surface area contributed by atoms with Gasteiger partial charge < -0.3 is 4.74 Å². The Labute approximate surface area is 112 Å². The normalized spacial score (nSPS) is 21.3. The van der Waals surface area contributed by atoms with E-state index in [-0.39, 0.29) is 16.0 Å². The van der Waals surface area contributed by atoms with Crippen LogP contribution in [0.15, 0.2) is 23.2 Å². The van der Waals surface area contributed by atoms with Crippen molar-refractivity contribution in [2.75, 3.05) is 26.8 Å². The number of ether oxygens (including phenoxy) is 1. The summed E-state index contributed by atoms with van der Waals surface area (Å²) in [5, 5.41) is 0.184. The first-order valence-corrected chi connectivity index (χ1v) is 7.46. The van der Waals surface area contributed by atoms with Gasteiger partial charge in [-0.25, -0.2) is 13.4 Å². The first kappa shape index (κ1) is 13.7. The number of aromatic nitrogens is 1. The molecule has 0 N–H and O–H groups in total. The zero-order chi connectivity index (χ0) is 13.2. The van der Waals surface area contributed by atoms with Crippen LogP contribution in [0.25, 0.3) is 0 Å². The van der Waals surface area contributed by atoms with E-state index >= 15 is 0 Å². The molecule has 1 atom stereocenters. The average molecular weight is 291 g/mol. The van der Waals surface area contributed by atoms with Gasteiger partial charge >= 0.3 is 0 Å². The zero-order valence-corrected chi connectivity index (χ0v) is 11.6. The van der Waals surface area contributed by atoms with E-state index in [9.17, 15) is 8.42 Å². The quantitative estimate of drug-likeness (QED) is 0.786. The van der Waals surface area contributed by atoms with E-state index in [1.807, 2.05) is 0 Å². The number of methoxy groups -OCH3 is 1. The minimum absolute atomic E-state index is 0.184. The van der Waals surface area contributed by atoms with Crippen LogP contribution in [-0.4, -0.2) is 44.5 Å². The number of rotatable bonds is 4. The molecule has 0 amide bonds. The van der Waals surface area contributed by atoms with E-state index in [0.717, 1.165) is 6.42 Å². The monoisotopic (exact) mass is 290 g/mol. The van der Waals surface area contributed by atoms with E-state index < -0.39 is 10.0 Å². The van der Waals surface area contributed by atoms with Gasteiger partial charge in [-0.2, -0.15) is 4.31 Å². The molecule has 0 bridgehead atoms. The minimum atomic E-state index is -3.46. The van der Waals surface area contributed by atoms with Crippen LogP contribution in [0, 0.1) is 5.92 Å². The Morgan fingerprint density at radius 2 is 2.39 bits per heavy atom. The highest BCUT2D eigenvalue weighted by atomic mass is 35.5. The summed E-state index contributed by atoms with van der Waals surface area (Å²) in [5.41, 5.74) is 0. The van der Waals surface area contributed by atoms with Gasteiger partial charge in [-0.05, 0) is 24.5 Å². The van der Waals surface area contributed by atoms with Crippen molar-refractivity contribution in [2.45, 2.75) is 11.3 Å².